The van der Waals surface area contributed by atoms with Gasteiger partial charge in [0.25, 0.3) is 0 Å². The maximum atomic E-state index is 10.9. The number of amides is 1. The van der Waals surface area contributed by atoms with Gasteiger partial charge >= 0.3 is 0 Å². The van der Waals surface area contributed by atoms with Gasteiger partial charge in [-0.1, -0.05) is 27.5 Å². The summed E-state index contributed by atoms with van der Waals surface area (Å²) < 4.78 is 5.40. The predicted molar refractivity (Wildman–Crippen MR) is 63.9 cm³/mol. The molecule has 0 fully saturated rings. The third kappa shape index (κ3) is 3.72. The summed E-state index contributed by atoms with van der Waals surface area (Å²) in [4.78, 5) is 10.9. The Balaban J connectivity index is 2.69. The molecule has 0 saturated carbocycles. The highest BCUT2D eigenvalue weighted by Gasteiger charge is 2.07. The molecule has 0 aliphatic heterocycles. The number of benzene rings is 1. The van der Waals surface area contributed by atoms with Crippen LogP contribution in [0.15, 0.2) is 18.2 Å². The molecular formula is C10H11BrClNO2. The van der Waals surface area contributed by atoms with Gasteiger partial charge in [0.15, 0.2) is 0 Å². The van der Waals surface area contributed by atoms with E-state index in [2.05, 4.69) is 15.9 Å². The van der Waals surface area contributed by atoms with Crippen LogP contribution in [0.25, 0.3) is 0 Å². The van der Waals surface area contributed by atoms with Crippen LogP contribution in [0.5, 0.6) is 5.75 Å². The van der Waals surface area contributed by atoms with Crippen LogP contribution in [-0.4, -0.2) is 17.8 Å². The molecular weight excluding hydrogens is 281 g/mol. The van der Waals surface area contributed by atoms with Crippen LogP contribution in [0.2, 0.25) is 5.02 Å². The SMILES string of the molecule is NC(=O)c1ccc(OCCCBr)cc1Cl. The number of alkyl halides is 1. The molecule has 0 saturated heterocycles. The Bertz CT molecular complexity index is 357. The fraction of sp³-hybridized carbons (Fsp3) is 0.300. The minimum Gasteiger partial charge on any atom is -0.494 e. The van der Waals surface area contributed by atoms with Crippen molar-refractivity contribution >= 4 is 33.4 Å². The highest BCUT2D eigenvalue weighted by Crippen LogP contribution is 2.22. The average Bonchev–Trinajstić information content (AvgIpc) is 2.17. The molecule has 5 heteroatoms. The zero-order chi connectivity index (χ0) is 11.3. The van der Waals surface area contributed by atoms with Crippen molar-refractivity contribution in [3.05, 3.63) is 28.8 Å². The van der Waals surface area contributed by atoms with Gasteiger partial charge in [-0.3, -0.25) is 4.79 Å². The van der Waals surface area contributed by atoms with E-state index in [4.69, 9.17) is 22.1 Å². The molecule has 82 valence electrons. The number of ether oxygens (including phenoxy) is 1. The number of hydrogen-bond donors (Lipinski definition) is 1. The van der Waals surface area contributed by atoms with Gasteiger partial charge in [0.1, 0.15) is 5.75 Å². The average molecular weight is 293 g/mol. The molecule has 2 N–H and O–H groups in total. The van der Waals surface area contributed by atoms with Gasteiger partial charge in [-0.05, 0) is 24.6 Å². The lowest BCUT2D eigenvalue weighted by Gasteiger charge is -2.06. The Labute approximate surface area is 102 Å². The second kappa shape index (κ2) is 5.98. The molecule has 0 heterocycles. The van der Waals surface area contributed by atoms with Crippen molar-refractivity contribution in [1.82, 2.24) is 0 Å². The van der Waals surface area contributed by atoms with Gasteiger partial charge < -0.3 is 10.5 Å². The Hall–Kier alpha value is -0.740. The summed E-state index contributed by atoms with van der Waals surface area (Å²) in [5.74, 6) is 0.109. The van der Waals surface area contributed by atoms with Crippen molar-refractivity contribution in [3.8, 4) is 5.75 Å². The molecule has 1 aromatic carbocycles. The van der Waals surface area contributed by atoms with Crippen LogP contribution in [-0.2, 0) is 0 Å². The summed E-state index contributed by atoms with van der Waals surface area (Å²) in [6.07, 6.45) is 0.912. The van der Waals surface area contributed by atoms with E-state index in [1.165, 1.54) is 0 Å². The molecule has 0 aliphatic carbocycles. The highest BCUT2D eigenvalue weighted by atomic mass is 79.9. The minimum absolute atomic E-state index is 0.310. The van der Waals surface area contributed by atoms with Gasteiger partial charge in [0.05, 0.1) is 17.2 Å². The fourth-order valence-corrected chi connectivity index (χ4v) is 1.52. The molecule has 0 aromatic heterocycles. The molecule has 0 bridgehead atoms. The molecule has 0 spiro atoms. The first-order valence-electron chi connectivity index (χ1n) is 4.43. The van der Waals surface area contributed by atoms with Gasteiger partial charge in [0, 0.05) is 5.33 Å². The van der Waals surface area contributed by atoms with Gasteiger partial charge in [0.2, 0.25) is 5.91 Å². The van der Waals surface area contributed by atoms with E-state index in [-0.39, 0.29) is 0 Å². The van der Waals surface area contributed by atoms with E-state index in [1.807, 2.05) is 0 Å². The van der Waals surface area contributed by atoms with Gasteiger partial charge in [-0.15, -0.1) is 0 Å². The smallest absolute Gasteiger partial charge is 0.250 e. The summed E-state index contributed by atoms with van der Waals surface area (Å²) in [6, 6.07) is 4.84. The Kier molecular flexibility index (Phi) is 4.91. The number of halogens is 2. The fourth-order valence-electron chi connectivity index (χ4n) is 1.03. The molecule has 1 aromatic rings. The first-order valence-corrected chi connectivity index (χ1v) is 5.93. The molecule has 3 nitrogen and oxygen atoms in total. The van der Waals surface area contributed by atoms with E-state index in [9.17, 15) is 4.79 Å². The second-order valence-corrected chi connectivity index (χ2v) is 4.10. The Morgan fingerprint density at radius 2 is 2.27 bits per heavy atom. The van der Waals surface area contributed by atoms with Crippen molar-refractivity contribution in [3.63, 3.8) is 0 Å². The van der Waals surface area contributed by atoms with E-state index < -0.39 is 5.91 Å². The Morgan fingerprint density at radius 3 is 2.80 bits per heavy atom. The van der Waals surface area contributed by atoms with E-state index in [0.717, 1.165) is 11.8 Å². The first-order chi connectivity index (χ1) is 7.15. The predicted octanol–water partition coefficient (Wildman–Crippen LogP) is 2.60. The zero-order valence-electron chi connectivity index (χ0n) is 8.00. The third-order valence-electron chi connectivity index (χ3n) is 1.75. The first kappa shape index (κ1) is 12.3. The normalized spacial score (nSPS) is 10.0. The van der Waals surface area contributed by atoms with Crippen molar-refractivity contribution in [1.29, 1.82) is 0 Å². The molecule has 1 rings (SSSR count). The van der Waals surface area contributed by atoms with Gasteiger partial charge in [-0.25, -0.2) is 0 Å². The molecule has 0 radical (unpaired) electrons. The largest absolute Gasteiger partial charge is 0.494 e. The Morgan fingerprint density at radius 1 is 1.53 bits per heavy atom. The zero-order valence-corrected chi connectivity index (χ0v) is 10.3. The highest BCUT2D eigenvalue weighted by molar-refractivity contribution is 9.09. The van der Waals surface area contributed by atoms with Crippen molar-refractivity contribution < 1.29 is 9.53 Å². The molecule has 0 unspecified atom stereocenters. The van der Waals surface area contributed by atoms with Crippen LogP contribution in [0.4, 0.5) is 0 Å². The number of carbonyl (C=O) groups excluding carboxylic acids is 1. The number of carbonyl (C=O) groups is 1. The number of hydrogen-bond acceptors (Lipinski definition) is 2. The summed E-state index contributed by atoms with van der Waals surface area (Å²) in [7, 11) is 0. The number of nitrogens with two attached hydrogens (primary N) is 1. The van der Waals surface area contributed by atoms with Crippen LogP contribution >= 0.6 is 27.5 Å². The van der Waals surface area contributed by atoms with Crippen molar-refractivity contribution in [2.45, 2.75) is 6.42 Å². The minimum atomic E-state index is -0.535. The molecule has 1 amide bonds. The van der Waals surface area contributed by atoms with E-state index >= 15 is 0 Å². The summed E-state index contributed by atoms with van der Waals surface area (Å²) in [6.45, 7) is 0.609. The maximum Gasteiger partial charge on any atom is 0.250 e. The summed E-state index contributed by atoms with van der Waals surface area (Å²) >= 11 is 9.15. The van der Waals surface area contributed by atoms with E-state index in [0.29, 0.717) is 22.9 Å². The lowest BCUT2D eigenvalue weighted by atomic mass is 10.2. The number of primary amides is 1. The topological polar surface area (TPSA) is 52.3 Å². The quantitative estimate of drug-likeness (QED) is 0.670. The lowest BCUT2D eigenvalue weighted by molar-refractivity contribution is 0.100. The number of rotatable bonds is 5. The van der Waals surface area contributed by atoms with Gasteiger partial charge in [-0.2, -0.15) is 0 Å². The third-order valence-corrected chi connectivity index (χ3v) is 2.63. The summed E-state index contributed by atoms with van der Waals surface area (Å²) in [5, 5.41) is 1.21. The molecule has 0 atom stereocenters. The monoisotopic (exact) mass is 291 g/mol. The van der Waals surface area contributed by atoms with Crippen molar-refractivity contribution in [2.24, 2.45) is 5.73 Å². The van der Waals surface area contributed by atoms with Crippen LogP contribution in [0.1, 0.15) is 16.8 Å². The van der Waals surface area contributed by atoms with Crippen molar-refractivity contribution in [2.75, 3.05) is 11.9 Å². The van der Waals surface area contributed by atoms with E-state index in [1.54, 1.807) is 18.2 Å². The molecule has 15 heavy (non-hydrogen) atoms. The second-order valence-electron chi connectivity index (χ2n) is 2.90. The van der Waals surface area contributed by atoms with Crippen LogP contribution in [0, 0.1) is 0 Å². The maximum absolute atomic E-state index is 10.9. The molecule has 0 aliphatic rings. The standard InChI is InChI=1S/C10H11BrClNO2/c11-4-1-5-15-7-2-3-8(10(13)14)9(12)6-7/h2-3,6H,1,4-5H2,(H2,13,14). The lowest BCUT2D eigenvalue weighted by Crippen LogP contribution is -2.11. The van der Waals surface area contributed by atoms with Crippen LogP contribution in [0.3, 0.4) is 0 Å². The van der Waals surface area contributed by atoms with Crippen LogP contribution < -0.4 is 10.5 Å². The summed E-state index contributed by atoms with van der Waals surface area (Å²) in [5.41, 5.74) is 5.43.